The van der Waals surface area contributed by atoms with Crippen molar-refractivity contribution in [2.24, 2.45) is 14.1 Å². The average molecular weight is 1070 g/mol. The maximum absolute atomic E-state index is 15.7. The molecule has 406 valence electrons. The van der Waals surface area contributed by atoms with E-state index in [-0.39, 0.29) is 34.8 Å². The highest BCUT2D eigenvalue weighted by molar-refractivity contribution is 6.62. The van der Waals surface area contributed by atoms with E-state index in [0.29, 0.717) is 52.6 Å². The van der Waals surface area contributed by atoms with Crippen LogP contribution in [0.4, 0.5) is 41.6 Å². The van der Waals surface area contributed by atoms with Gasteiger partial charge in [0.05, 0.1) is 52.6 Å². The Morgan fingerprint density at radius 3 is 1.63 bits per heavy atom. The van der Waals surface area contributed by atoms with Crippen LogP contribution in [0.25, 0.3) is 11.4 Å². The van der Waals surface area contributed by atoms with Crippen LogP contribution >= 0.6 is 11.6 Å². The van der Waals surface area contributed by atoms with Crippen LogP contribution in [0.3, 0.4) is 0 Å². The summed E-state index contributed by atoms with van der Waals surface area (Å²) in [4.78, 5) is 48.8. The van der Waals surface area contributed by atoms with Gasteiger partial charge in [-0.25, -0.2) is 38.3 Å². The largest absolute Gasteiger partial charge is 0.497 e. The number of hydrogen-bond acceptors (Lipinski definition) is 16. The van der Waals surface area contributed by atoms with E-state index in [0.717, 1.165) is 55.3 Å². The Bertz CT molecular complexity index is 2980. The second-order valence-electron chi connectivity index (χ2n) is 21.8. The Morgan fingerprint density at radius 1 is 0.684 bits per heavy atom. The van der Waals surface area contributed by atoms with E-state index in [1.54, 1.807) is 53.3 Å². The number of fused-ring (bicyclic) bond motifs is 2. The number of aromatic nitrogens is 10. The highest BCUT2D eigenvalue weighted by Crippen LogP contribution is 2.38. The van der Waals surface area contributed by atoms with E-state index in [1.165, 1.54) is 12.7 Å². The Kier molecular flexibility index (Phi) is 17.7. The number of carbonyl (C=O) groups is 2. The second-order valence-corrected chi connectivity index (χ2v) is 22.1. The van der Waals surface area contributed by atoms with Crippen LogP contribution in [-0.4, -0.2) is 91.2 Å². The summed E-state index contributed by atoms with van der Waals surface area (Å²) in [7, 11) is 2.89. The molecule has 0 bridgehead atoms. The van der Waals surface area contributed by atoms with Crippen molar-refractivity contribution in [3.8, 4) is 11.4 Å². The van der Waals surface area contributed by atoms with Gasteiger partial charge in [0.25, 0.3) is 0 Å². The van der Waals surface area contributed by atoms with Gasteiger partial charge in [-0.2, -0.15) is 20.2 Å². The molecule has 4 aromatic heterocycles. The van der Waals surface area contributed by atoms with Crippen molar-refractivity contribution in [1.29, 1.82) is 0 Å². The quantitative estimate of drug-likeness (QED) is 0.0820. The van der Waals surface area contributed by atoms with Crippen molar-refractivity contribution in [2.75, 3.05) is 10.6 Å². The van der Waals surface area contributed by atoms with E-state index in [9.17, 15) is 9.59 Å². The van der Waals surface area contributed by atoms with Gasteiger partial charge in [0, 0.05) is 32.0 Å². The molecular weight excluding hydrogens is 1000 g/mol. The zero-order chi connectivity index (χ0) is 55.2. The molecule has 2 aliphatic carbocycles. The number of rotatable bonds is 8. The molecule has 6 aromatic rings. The van der Waals surface area contributed by atoms with Crippen molar-refractivity contribution in [3.05, 3.63) is 101 Å². The van der Waals surface area contributed by atoms with Gasteiger partial charge >= 0.3 is 19.3 Å². The molecule has 3 aliphatic rings. The first-order chi connectivity index (χ1) is 35.7. The third-order valence-corrected chi connectivity index (χ3v) is 13.0. The first-order valence-corrected chi connectivity index (χ1v) is 25.6. The fourth-order valence-corrected chi connectivity index (χ4v) is 8.76. The Balaban J connectivity index is 0.000000178. The van der Waals surface area contributed by atoms with Crippen molar-refractivity contribution in [3.63, 3.8) is 0 Å². The molecule has 0 radical (unpaired) electrons. The Hall–Kier alpha value is -6.85. The lowest BCUT2D eigenvalue weighted by atomic mass is 9.76. The molecular formula is C52H68BClF2N14O6. The lowest BCUT2D eigenvalue weighted by Crippen LogP contribution is -2.41. The van der Waals surface area contributed by atoms with Crippen LogP contribution in [-0.2, 0) is 45.7 Å². The molecule has 2 atom stereocenters. The number of benzene rings is 2. The molecule has 1 saturated heterocycles. The van der Waals surface area contributed by atoms with Crippen LogP contribution in [0.15, 0.2) is 61.7 Å². The molecule has 2 aromatic carbocycles. The molecule has 76 heavy (non-hydrogen) atoms. The normalized spacial score (nSPS) is 17.7. The van der Waals surface area contributed by atoms with Gasteiger partial charge in [0.1, 0.15) is 35.5 Å². The minimum atomic E-state index is -0.745. The standard InChI is InChI=1S/C23H28FN7O2.C22H33BFNO4.C7H7ClN6/c1-23(2,3)33-22(32)29-18-8-6-5-7-16-15(18)9-10-17(19(16)24)20-25-13-26-21(30-20)28-14-11-27-31(4)12-14;1-20(2,3)27-19(26)25-17-11-9-8-10-15-14(17)12-13-16(18(15)24)23-28-21(4,5)22(6,7)29-23;1-14-3-5(2-11-14)12-7-10-4-9-6(8)13-7/h9-13,18H,5-8H2,1-4H3,(H,29,32)(H,25,26,28,30);12-13,17H,8-11H2,1-7H3,(H,25,26);2-4H,1H3,(H,9,10,12,13)/t18-;17-;/m11./s1. The number of anilines is 4. The van der Waals surface area contributed by atoms with E-state index >= 15 is 8.78 Å². The van der Waals surface area contributed by atoms with Gasteiger partial charge < -0.3 is 40.0 Å². The van der Waals surface area contributed by atoms with Gasteiger partial charge in [-0.15, -0.1) is 0 Å². The first-order valence-electron chi connectivity index (χ1n) is 25.3. The molecule has 1 aliphatic heterocycles. The summed E-state index contributed by atoms with van der Waals surface area (Å²) in [5.41, 5.74) is 2.77. The number of nitrogens with zero attached hydrogens (tertiary/aromatic N) is 10. The number of amides is 2. The first kappa shape index (κ1) is 56.9. The van der Waals surface area contributed by atoms with E-state index < -0.39 is 41.7 Å². The summed E-state index contributed by atoms with van der Waals surface area (Å²) in [5.74, 6) is 0.269. The van der Waals surface area contributed by atoms with E-state index in [4.69, 9.17) is 30.4 Å². The highest BCUT2D eigenvalue weighted by Gasteiger charge is 2.52. The number of hydrogen-bond donors (Lipinski definition) is 4. The summed E-state index contributed by atoms with van der Waals surface area (Å²) in [6, 6.07) is 6.54. The Morgan fingerprint density at radius 2 is 1.16 bits per heavy atom. The number of carbonyl (C=O) groups excluding carboxylic acids is 2. The molecule has 0 saturated carbocycles. The predicted molar refractivity (Wildman–Crippen MR) is 284 cm³/mol. The van der Waals surface area contributed by atoms with Gasteiger partial charge in [-0.05, 0) is 148 Å². The molecule has 9 rings (SSSR count). The zero-order valence-electron chi connectivity index (χ0n) is 45.2. The van der Waals surface area contributed by atoms with E-state index in [2.05, 4.69) is 61.4 Å². The fourth-order valence-electron chi connectivity index (χ4n) is 8.64. The van der Waals surface area contributed by atoms with Crippen molar-refractivity contribution >= 4 is 59.6 Å². The second kappa shape index (κ2) is 23.6. The molecule has 20 nitrogen and oxygen atoms in total. The smallest absolute Gasteiger partial charge is 0.444 e. The van der Waals surface area contributed by atoms with Gasteiger partial charge in [0.15, 0.2) is 5.82 Å². The van der Waals surface area contributed by atoms with Gasteiger partial charge in [-0.3, -0.25) is 9.36 Å². The molecule has 4 N–H and O–H groups in total. The molecule has 24 heteroatoms. The number of aryl methyl sites for hydroxylation is 2. The third kappa shape index (κ3) is 15.0. The third-order valence-electron chi connectivity index (χ3n) is 12.8. The Labute approximate surface area is 447 Å². The average Bonchev–Trinajstić information content (AvgIpc) is 3.87. The summed E-state index contributed by atoms with van der Waals surface area (Å²) in [6.07, 6.45) is 14.7. The van der Waals surface area contributed by atoms with Crippen LogP contribution in [0.1, 0.15) is 142 Å². The minimum absolute atomic E-state index is 0.159. The monoisotopic (exact) mass is 1070 g/mol. The summed E-state index contributed by atoms with van der Waals surface area (Å²) >= 11 is 5.59. The number of nitrogens with one attached hydrogen (secondary N) is 4. The van der Waals surface area contributed by atoms with Crippen molar-refractivity contribution in [2.45, 2.75) is 155 Å². The van der Waals surface area contributed by atoms with E-state index in [1.807, 2.05) is 88.4 Å². The van der Waals surface area contributed by atoms with Crippen LogP contribution in [0, 0.1) is 11.6 Å². The van der Waals surface area contributed by atoms with Crippen LogP contribution < -0.4 is 26.7 Å². The van der Waals surface area contributed by atoms with Crippen molar-refractivity contribution < 1.29 is 37.2 Å². The lowest BCUT2D eigenvalue weighted by Gasteiger charge is -2.32. The molecule has 0 spiro atoms. The SMILES string of the molecule is CC(C)(C)OC(=O)N[C@@H]1CCCCc2c1ccc(B1OC(C)(C)C(C)(C)O1)c2F.Cn1cc(Nc2ncnc(-c3ccc4c(c3F)CCCC[C@H]4NC(=O)OC(C)(C)C)n2)cn1.Cn1cc(Nc2ncnc(Cl)n2)cn1. The molecule has 5 heterocycles. The van der Waals surface area contributed by atoms with Gasteiger partial charge in [0.2, 0.25) is 17.2 Å². The highest BCUT2D eigenvalue weighted by atomic mass is 35.5. The fraction of sp³-hybridized carbons (Fsp3) is 0.500. The molecule has 2 amide bonds. The van der Waals surface area contributed by atoms with Crippen molar-refractivity contribution in [1.82, 2.24) is 60.1 Å². The number of alkyl carbamates (subject to hydrolysis) is 2. The lowest BCUT2D eigenvalue weighted by molar-refractivity contribution is 0.00578. The summed E-state index contributed by atoms with van der Waals surface area (Å²) in [6.45, 7) is 18.7. The number of ether oxygens (including phenoxy) is 2. The van der Waals surface area contributed by atoms with Crippen LogP contribution in [0.2, 0.25) is 5.28 Å². The maximum atomic E-state index is 15.7. The summed E-state index contributed by atoms with van der Waals surface area (Å²) < 4.78 is 57.5. The van der Waals surface area contributed by atoms with Gasteiger partial charge in [-0.1, -0.05) is 31.0 Å². The molecule has 1 fully saturated rings. The topological polar surface area (TPSA) is 232 Å². The van der Waals surface area contributed by atoms with Crippen LogP contribution in [0.5, 0.6) is 0 Å². The summed E-state index contributed by atoms with van der Waals surface area (Å²) in [5, 5.41) is 20.1. The number of halogens is 3. The minimum Gasteiger partial charge on any atom is -0.444 e. The predicted octanol–water partition coefficient (Wildman–Crippen LogP) is 9.87. The molecule has 0 unspecified atom stereocenters. The maximum Gasteiger partial charge on any atom is 0.497 e. The zero-order valence-corrected chi connectivity index (χ0v) is 46.0.